The molecular weight excluding hydrogens is 248 g/mol. The number of nitrogens with zero attached hydrogens (tertiary/aromatic N) is 1. The molecule has 1 saturated heterocycles. The second-order valence-corrected chi connectivity index (χ2v) is 5.99. The number of rotatable bonds is 5. The van der Waals surface area contributed by atoms with Crippen molar-refractivity contribution in [3.63, 3.8) is 0 Å². The van der Waals surface area contributed by atoms with Crippen molar-refractivity contribution in [2.45, 2.75) is 32.7 Å². The molecule has 1 unspecified atom stereocenters. The second kappa shape index (κ2) is 7.21. The topological polar surface area (TPSA) is 38.5 Å². The summed E-state index contributed by atoms with van der Waals surface area (Å²) in [6, 6.07) is 6.89. The van der Waals surface area contributed by atoms with Gasteiger partial charge in [0.1, 0.15) is 0 Å². The Hall–Kier alpha value is -0.900. The number of likely N-dealkylation sites (tertiary alicyclic amines) is 1. The number of benzene rings is 1. The number of aryl methyl sites for hydroxylation is 2. The minimum atomic E-state index is 0.361. The lowest BCUT2D eigenvalue weighted by atomic mass is 9.91. The van der Waals surface area contributed by atoms with Gasteiger partial charge in [0.05, 0.1) is 0 Å². The molecule has 20 heavy (non-hydrogen) atoms. The van der Waals surface area contributed by atoms with E-state index in [4.69, 9.17) is 10.5 Å². The maximum absolute atomic E-state index is 6.10. The molecule has 1 aromatic rings. The number of piperidine rings is 1. The third-order valence-corrected chi connectivity index (χ3v) is 4.59. The van der Waals surface area contributed by atoms with Gasteiger partial charge in [0.15, 0.2) is 0 Å². The normalized spacial score (nSPS) is 19.2. The average molecular weight is 276 g/mol. The van der Waals surface area contributed by atoms with Crippen LogP contribution in [0.4, 0.5) is 0 Å². The molecule has 1 aliphatic heterocycles. The molecule has 0 aromatic heterocycles. The SMILES string of the molecule is COCC1CCN(C(CN)c2c(C)cccc2C)CC1. The first kappa shape index (κ1) is 15.5. The average Bonchev–Trinajstić information content (AvgIpc) is 2.45. The van der Waals surface area contributed by atoms with Crippen molar-refractivity contribution in [3.05, 3.63) is 34.9 Å². The first-order valence-electron chi connectivity index (χ1n) is 7.66. The smallest absolute Gasteiger partial charge is 0.0491 e. The van der Waals surface area contributed by atoms with Crippen LogP contribution in [-0.2, 0) is 4.74 Å². The molecule has 3 nitrogen and oxygen atoms in total. The van der Waals surface area contributed by atoms with Crippen LogP contribution >= 0.6 is 0 Å². The van der Waals surface area contributed by atoms with E-state index in [0.29, 0.717) is 18.5 Å². The molecule has 0 radical (unpaired) electrons. The predicted octanol–water partition coefficient (Wildman–Crippen LogP) is 2.66. The predicted molar refractivity (Wildman–Crippen MR) is 83.9 cm³/mol. The highest BCUT2D eigenvalue weighted by molar-refractivity contribution is 5.36. The molecule has 0 aliphatic carbocycles. The quantitative estimate of drug-likeness (QED) is 0.898. The number of hydrogen-bond acceptors (Lipinski definition) is 3. The van der Waals surface area contributed by atoms with Crippen LogP contribution in [0.15, 0.2) is 18.2 Å². The molecular formula is C17H28N2O. The fraction of sp³-hybridized carbons (Fsp3) is 0.647. The van der Waals surface area contributed by atoms with Gasteiger partial charge in [0.2, 0.25) is 0 Å². The van der Waals surface area contributed by atoms with Gasteiger partial charge in [-0.15, -0.1) is 0 Å². The second-order valence-electron chi connectivity index (χ2n) is 5.99. The fourth-order valence-electron chi connectivity index (χ4n) is 3.47. The summed E-state index contributed by atoms with van der Waals surface area (Å²) < 4.78 is 5.28. The molecule has 0 amide bonds. The summed E-state index contributed by atoms with van der Waals surface area (Å²) in [4.78, 5) is 2.56. The maximum Gasteiger partial charge on any atom is 0.0491 e. The molecule has 0 spiro atoms. The van der Waals surface area contributed by atoms with Gasteiger partial charge >= 0.3 is 0 Å². The zero-order valence-electron chi connectivity index (χ0n) is 13.1. The molecule has 1 atom stereocenters. The molecule has 3 heteroatoms. The van der Waals surface area contributed by atoms with Gasteiger partial charge in [-0.25, -0.2) is 0 Å². The Morgan fingerprint density at radius 1 is 1.25 bits per heavy atom. The van der Waals surface area contributed by atoms with Gasteiger partial charge in [-0.3, -0.25) is 4.90 Å². The lowest BCUT2D eigenvalue weighted by Crippen LogP contribution is -2.41. The van der Waals surface area contributed by atoms with Crippen LogP contribution < -0.4 is 5.73 Å². The van der Waals surface area contributed by atoms with E-state index in [-0.39, 0.29) is 0 Å². The summed E-state index contributed by atoms with van der Waals surface area (Å²) in [6.07, 6.45) is 2.44. The van der Waals surface area contributed by atoms with Gasteiger partial charge in [-0.05, 0) is 62.4 Å². The lowest BCUT2D eigenvalue weighted by Gasteiger charge is -2.38. The Morgan fingerprint density at radius 3 is 2.35 bits per heavy atom. The van der Waals surface area contributed by atoms with Gasteiger partial charge < -0.3 is 10.5 Å². The van der Waals surface area contributed by atoms with Crippen molar-refractivity contribution in [3.8, 4) is 0 Å². The Labute approximate surface area is 123 Å². The largest absolute Gasteiger partial charge is 0.384 e. The van der Waals surface area contributed by atoms with Crippen molar-refractivity contribution in [2.24, 2.45) is 11.7 Å². The molecule has 1 heterocycles. The van der Waals surface area contributed by atoms with E-state index in [0.717, 1.165) is 19.7 Å². The van der Waals surface area contributed by atoms with Gasteiger partial charge in [-0.2, -0.15) is 0 Å². The molecule has 2 rings (SSSR count). The van der Waals surface area contributed by atoms with E-state index in [1.54, 1.807) is 7.11 Å². The maximum atomic E-state index is 6.10. The molecule has 2 N–H and O–H groups in total. The number of nitrogens with two attached hydrogens (primary N) is 1. The molecule has 1 fully saturated rings. The summed E-state index contributed by atoms with van der Waals surface area (Å²) in [7, 11) is 1.80. The highest BCUT2D eigenvalue weighted by Gasteiger charge is 2.26. The summed E-state index contributed by atoms with van der Waals surface area (Å²) in [6.45, 7) is 8.24. The summed E-state index contributed by atoms with van der Waals surface area (Å²) in [5.41, 5.74) is 10.3. The fourth-order valence-corrected chi connectivity index (χ4v) is 3.47. The third-order valence-electron chi connectivity index (χ3n) is 4.59. The van der Waals surface area contributed by atoms with Crippen molar-refractivity contribution in [1.82, 2.24) is 4.90 Å². The summed E-state index contributed by atoms with van der Waals surface area (Å²) in [5, 5.41) is 0. The van der Waals surface area contributed by atoms with Crippen LogP contribution in [0.1, 0.15) is 35.6 Å². The third kappa shape index (κ3) is 3.40. The zero-order chi connectivity index (χ0) is 14.5. The number of methoxy groups -OCH3 is 1. The van der Waals surface area contributed by atoms with Crippen LogP contribution in [0.5, 0.6) is 0 Å². The Morgan fingerprint density at radius 2 is 1.85 bits per heavy atom. The molecule has 1 aromatic carbocycles. The van der Waals surface area contributed by atoms with E-state index in [2.05, 4.69) is 36.9 Å². The van der Waals surface area contributed by atoms with E-state index in [1.807, 2.05) is 0 Å². The first-order valence-corrected chi connectivity index (χ1v) is 7.66. The molecule has 112 valence electrons. The van der Waals surface area contributed by atoms with Crippen molar-refractivity contribution >= 4 is 0 Å². The minimum absolute atomic E-state index is 0.361. The van der Waals surface area contributed by atoms with Crippen LogP contribution in [0, 0.1) is 19.8 Å². The molecule has 1 aliphatic rings. The number of ether oxygens (including phenoxy) is 1. The van der Waals surface area contributed by atoms with Crippen LogP contribution in [-0.4, -0.2) is 38.3 Å². The lowest BCUT2D eigenvalue weighted by molar-refractivity contribution is 0.0808. The molecule has 0 bridgehead atoms. The minimum Gasteiger partial charge on any atom is -0.384 e. The zero-order valence-corrected chi connectivity index (χ0v) is 13.1. The van der Waals surface area contributed by atoms with E-state index in [9.17, 15) is 0 Å². The summed E-state index contributed by atoms with van der Waals surface area (Å²) in [5.74, 6) is 0.715. The van der Waals surface area contributed by atoms with Crippen molar-refractivity contribution in [1.29, 1.82) is 0 Å². The van der Waals surface area contributed by atoms with E-state index < -0.39 is 0 Å². The monoisotopic (exact) mass is 276 g/mol. The van der Waals surface area contributed by atoms with Crippen LogP contribution in [0.25, 0.3) is 0 Å². The van der Waals surface area contributed by atoms with E-state index in [1.165, 1.54) is 29.5 Å². The highest BCUT2D eigenvalue weighted by atomic mass is 16.5. The highest BCUT2D eigenvalue weighted by Crippen LogP contribution is 2.30. The van der Waals surface area contributed by atoms with Gasteiger partial charge in [-0.1, -0.05) is 18.2 Å². The van der Waals surface area contributed by atoms with Crippen molar-refractivity contribution < 1.29 is 4.74 Å². The first-order chi connectivity index (χ1) is 9.67. The Kier molecular flexibility index (Phi) is 5.58. The molecule has 0 saturated carbocycles. The Balaban J connectivity index is 2.10. The number of hydrogen-bond donors (Lipinski definition) is 1. The van der Waals surface area contributed by atoms with Gasteiger partial charge in [0, 0.05) is 26.3 Å². The van der Waals surface area contributed by atoms with Crippen LogP contribution in [0.3, 0.4) is 0 Å². The van der Waals surface area contributed by atoms with Gasteiger partial charge in [0.25, 0.3) is 0 Å². The standard InChI is InChI=1S/C17H28N2O/c1-13-5-4-6-14(2)17(13)16(11-18)19-9-7-15(8-10-19)12-20-3/h4-6,15-16H,7-12,18H2,1-3H3. The van der Waals surface area contributed by atoms with Crippen molar-refractivity contribution in [2.75, 3.05) is 33.4 Å². The van der Waals surface area contributed by atoms with Crippen LogP contribution in [0.2, 0.25) is 0 Å². The van der Waals surface area contributed by atoms with E-state index >= 15 is 0 Å². The Bertz CT molecular complexity index is 405. The summed E-state index contributed by atoms with van der Waals surface area (Å²) >= 11 is 0.